The smallest absolute Gasteiger partial charge is 0.223 e. The number of ether oxygens (including phenoxy) is 1. The molecular formula is C19H28N2O2. The third-order valence-electron chi connectivity index (χ3n) is 5.25. The number of hydrogen-bond acceptors (Lipinski definition) is 3. The molecule has 1 aromatic rings. The summed E-state index contributed by atoms with van der Waals surface area (Å²) in [6, 6.07) is 10.4. The van der Waals surface area contributed by atoms with Crippen molar-refractivity contribution in [2.45, 2.75) is 32.1 Å². The molecule has 0 aromatic heterocycles. The Morgan fingerprint density at radius 2 is 2.00 bits per heavy atom. The van der Waals surface area contributed by atoms with E-state index < -0.39 is 0 Å². The molecule has 1 saturated carbocycles. The molecule has 2 fully saturated rings. The van der Waals surface area contributed by atoms with Gasteiger partial charge in [-0.1, -0.05) is 30.3 Å². The van der Waals surface area contributed by atoms with Gasteiger partial charge in [-0.25, -0.2) is 0 Å². The largest absolute Gasteiger partial charge is 0.381 e. The molecule has 2 aliphatic rings. The fourth-order valence-electron chi connectivity index (χ4n) is 3.64. The number of piperidine rings is 1. The number of benzene rings is 1. The molecule has 1 aliphatic carbocycles. The standard InChI is InChI=1S/C19H28N2O2/c22-18(17-15-19(17)8-11-20-12-9-19)21-10-4-13-23-14-7-16-5-2-1-3-6-16/h1-3,5-6,17,20H,4,7-15H2,(H,21,22). The summed E-state index contributed by atoms with van der Waals surface area (Å²) in [6.45, 7) is 4.33. The number of carbonyl (C=O) groups is 1. The van der Waals surface area contributed by atoms with Crippen LogP contribution in [0.1, 0.15) is 31.2 Å². The minimum Gasteiger partial charge on any atom is -0.381 e. The van der Waals surface area contributed by atoms with Crippen molar-refractivity contribution in [2.75, 3.05) is 32.8 Å². The zero-order valence-corrected chi connectivity index (χ0v) is 13.9. The van der Waals surface area contributed by atoms with Crippen LogP contribution in [0.4, 0.5) is 0 Å². The van der Waals surface area contributed by atoms with Gasteiger partial charge < -0.3 is 15.4 Å². The van der Waals surface area contributed by atoms with Crippen LogP contribution in [0.25, 0.3) is 0 Å². The fraction of sp³-hybridized carbons (Fsp3) is 0.632. The molecule has 126 valence electrons. The van der Waals surface area contributed by atoms with E-state index in [0.29, 0.717) is 12.0 Å². The molecule has 1 saturated heterocycles. The third kappa shape index (κ3) is 4.55. The second-order valence-corrected chi connectivity index (χ2v) is 6.86. The summed E-state index contributed by atoms with van der Waals surface area (Å²) in [5, 5.41) is 6.46. The van der Waals surface area contributed by atoms with E-state index in [-0.39, 0.29) is 11.8 Å². The predicted octanol–water partition coefficient (Wildman–Crippen LogP) is 2.14. The first-order valence-electron chi connectivity index (χ1n) is 8.90. The van der Waals surface area contributed by atoms with Gasteiger partial charge >= 0.3 is 0 Å². The Balaban J connectivity index is 1.21. The van der Waals surface area contributed by atoms with E-state index in [2.05, 4.69) is 34.9 Å². The van der Waals surface area contributed by atoms with Gasteiger partial charge in [-0.3, -0.25) is 4.79 Å². The van der Waals surface area contributed by atoms with E-state index in [9.17, 15) is 4.79 Å². The van der Waals surface area contributed by atoms with E-state index in [1.807, 2.05) is 6.07 Å². The molecular weight excluding hydrogens is 288 g/mol. The highest BCUT2D eigenvalue weighted by atomic mass is 16.5. The van der Waals surface area contributed by atoms with Gasteiger partial charge in [-0.2, -0.15) is 0 Å². The van der Waals surface area contributed by atoms with Crippen molar-refractivity contribution in [2.24, 2.45) is 11.3 Å². The summed E-state index contributed by atoms with van der Waals surface area (Å²) in [5.41, 5.74) is 1.64. The van der Waals surface area contributed by atoms with Gasteiger partial charge in [0.25, 0.3) is 0 Å². The molecule has 1 unspecified atom stereocenters. The Labute approximate surface area is 139 Å². The molecule has 0 bridgehead atoms. The minimum atomic E-state index is 0.260. The Morgan fingerprint density at radius 3 is 2.78 bits per heavy atom. The van der Waals surface area contributed by atoms with Gasteiger partial charge in [0.15, 0.2) is 0 Å². The lowest BCUT2D eigenvalue weighted by Crippen LogP contribution is -2.34. The summed E-state index contributed by atoms with van der Waals surface area (Å²) < 4.78 is 5.65. The van der Waals surface area contributed by atoms with Crippen molar-refractivity contribution in [3.05, 3.63) is 35.9 Å². The van der Waals surface area contributed by atoms with Crippen molar-refractivity contribution < 1.29 is 9.53 Å². The topological polar surface area (TPSA) is 50.4 Å². The van der Waals surface area contributed by atoms with Crippen LogP contribution < -0.4 is 10.6 Å². The van der Waals surface area contributed by atoms with Crippen LogP contribution in [0.5, 0.6) is 0 Å². The molecule has 2 N–H and O–H groups in total. The lowest BCUT2D eigenvalue weighted by molar-refractivity contribution is -0.123. The van der Waals surface area contributed by atoms with E-state index >= 15 is 0 Å². The maximum Gasteiger partial charge on any atom is 0.223 e. The van der Waals surface area contributed by atoms with Gasteiger partial charge in [0.05, 0.1) is 6.61 Å². The van der Waals surface area contributed by atoms with Crippen molar-refractivity contribution in [1.82, 2.24) is 10.6 Å². The van der Waals surface area contributed by atoms with Crippen LogP contribution in [0.3, 0.4) is 0 Å². The summed E-state index contributed by atoms with van der Waals surface area (Å²) in [6.07, 6.45) is 5.25. The summed E-state index contributed by atoms with van der Waals surface area (Å²) in [5.74, 6) is 0.528. The first kappa shape index (κ1) is 16.5. The summed E-state index contributed by atoms with van der Waals surface area (Å²) >= 11 is 0. The number of nitrogens with one attached hydrogen (secondary N) is 2. The highest BCUT2D eigenvalue weighted by Crippen LogP contribution is 2.58. The first-order chi connectivity index (χ1) is 11.3. The van der Waals surface area contributed by atoms with Crippen molar-refractivity contribution in [3.8, 4) is 0 Å². The monoisotopic (exact) mass is 316 g/mol. The highest BCUT2D eigenvalue weighted by Gasteiger charge is 2.57. The van der Waals surface area contributed by atoms with Crippen molar-refractivity contribution >= 4 is 5.91 Å². The Morgan fingerprint density at radius 1 is 1.22 bits per heavy atom. The average molecular weight is 316 g/mol. The molecule has 1 aliphatic heterocycles. The van der Waals surface area contributed by atoms with Gasteiger partial charge in [-0.05, 0) is 56.2 Å². The lowest BCUT2D eigenvalue weighted by Gasteiger charge is -2.23. The number of amides is 1. The van der Waals surface area contributed by atoms with Gasteiger partial charge in [0, 0.05) is 19.1 Å². The Bertz CT molecular complexity index is 497. The second kappa shape index (κ2) is 7.93. The molecule has 23 heavy (non-hydrogen) atoms. The van der Waals surface area contributed by atoms with Crippen LogP contribution in [-0.4, -0.2) is 38.8 Å². The van der Waals surface area contributed by atoms with Crippen LogP contribution in [0.2, 0.25) is 0 Å². The SMILES string of the molecule is O=C(NCCCOCCc1ccccc1)C1CC12CCNCC2. The van der Waals surface area contributed by atoms with Crippen molar-refractivity contribution in [3.63, 3.8) is 0 Å². The maximum absolute atomic E-state index is 12.2. The molecule has 1 atom stereocenters. The summed E-state index contributed by atoms with van der Waals surface area (Å²) in [4.78, 5) is 12.2. The molecule has 1 aromatic carbocycles. The van der Waals surface area contributed by atoms with E-state index in [1.165, 1.54) is 5.56 Å². The summed E-state index contributed by atoms with van der Waals surface area (Å²) in [7, 11) is 0. The van der Waals surface area contributed by atoms with Gasteiger partial charge in [-0.15, -0.1) is 0 Å². The first-order valence-corrected chi connectivity index (χ1v) is 8.90. The highest BCUT2D eigenvalue weighted by molar-refractivity contribution is 5.82. The third-order valence-corrected chi connectivity index (χ3v) is 5.25. The Hall–Kier alpha value is -1.39. The maximum atomic E-state index is 12.2. The molecule has 3 rings (SSSR count). The molecule has 1 heterocycles. The van der Waals surface area contributed by atoms with Crippen LogP contribution in [0, 0.1) is 11.3 Å². The predicted molar refractivity (Wildman–Crippen MR) is 91.2 cm³/mol. The molecule has 0 radical (unpaired) electrons. The number of carbonyl (C=O) groups excluding carboxylic acids is 1. The van der Waals surface area contributed by atoms with Gasteiger partial charge in [0.2, 0.25) is 5.91 Å². The van der Waals surface area contributed by atoms with E-state index in [1.54, 1.807) is 0 Å². The van der Waals surface area contributed by atoms with E-state index in [4.69, 9.17) is 4.74 Å². The van der Waals surface area contributed by atoms with Gasteiger partial charge in [0.1, 0.15) is 0 Å². The molecule has 1 spiro atoms. The normalized spacial score (nSPS) is 22.0. The average Bonchev–Trinajstić information content (AvgIpc) is 3.28. The zero-order chi connectivity index (χ0) is 16.0. The fourth-order valence-corrected chi connectivity index (χ4v) is 3.64. The Kier molecular flexibility index (Phi) is 5.68. The molecule has 1 amide bonds. The number of rotatable bonds is 8. The van der Waals surface area contributed by atoms with Crippen LogP contribution in [0.15, 0.2) is 30.3 Å². The van der Waals surface area contributed by atoms with E-state index in [0.717, 1.165) is 58.3 Å². The minimum absolute atomic E-state index is 0.260. The molecule has 4 nitrogen and oxygen atoms in total. The van der Waals surface area contributed by atoms with Crippen LogP contribution in [-0.2, 0) is 16.0 Å². The van der Waals surface area contributed by atoms with Crippen LogP contribution >= 0.6 is 0 Å². The zero-order valence-electron chi connectivity index (χ0n) is 13.9. The second-order valence-electron chi connectivity index (χ2n) is 6.86. The lowest BCUT2D eigenvalue weighted by atomic mass is 9.92. The molecule has 4 heteroatoms. The van der Waals surface area contributed by atoms with Crippen molar-refractivity contribution in [1.29, 1.82) is 0 Å². The quantitative estimate of drug-likeness (QED) is 0.723. The number of hydrogen-bond donors (Lipinski definition) is 2.